The van der Waals surface area contributed by atoms with Gasteiger partial charge in [0.2, 0.25) is 0 Å². The van der Waals surface area contributed by atoms with E-state index in [4.69, 9.17) is 4.74 Å². The third kappa shape index (κ3) is 1.39. The van der Waals surface area contributed by atoms with Crippen molar-refractivity contribution in [2.45, 2.75) is 25.4 Å². The van der Waals surface area contributed by atoms with Crippen LogP contribution in [-0.2, 0) is 9.53 Å². The first-order chi connectivity index (χ1) is 9.66. The van der Waals surface area contributed by atoms with Gasteiger partial charge < -0.3 is 4.74 Å². The predicted molar refractivity (Wildman–Crippen MR) is 69.4 cm³/mol. The molecule has 0 radical (unpaired) electrons. The number of hydrogen-bond donors (Lipinski definition) is 0. The maximum absolute atomic E-state index is 12.6. The van der Waals surface area contributed by atoms with Gasteiger partial charge in [0.25, 0.3) is 0 Å². The number of ketones is 2. The first-order valence-corrected chi connectivity index (χ1v) is 6.78. The van der Waals surface area contributed by atoms with E-state index in [1.54, 1.807) is 24.3 Å². The van der Waals surface area contributed by atoms with E-state index in [2.05, 4.69) is 0 Å². The van der Waals surface area contributed by atoms with Crippen molar-refractivity contribution < 1.29 is 19.1 Å². The van der Waals surface area contributed by atoms with Crippen molar-refractivity contribution in [2.75, 3.05) is 0 Å². The van der Waals surface area contributed by atoms with Crippen LogP contribution >= 0.6 is 0 Å². The topological polar surface area (TPSA) is 60.4 Å². The summed E-state index contributed by atoms with van der Waals surface area (Å²) in [5.41, 5.74) is 1.87. The summed E-state index contributed by atoms with van der Waals surface area (Å²) >= 11 is 0. The Kier molecular flexibility index (Phi) is 2.25. The van der Waals surface area contributed by atoms with Crippen LogP contribution in [0.1, 0.15) is 40.0 Å². The summed E-state index contributed by atoms with van der Waals surface area (Å²) in [6.45, 7) is 0. The van der Waals surface area contributed by atoms with Crippen molar-refractivity contribution in [3.63, 3.8) is 0 Å². The largest absolute Gasteiger partial charge is 0.457 e. The summed E-state index contributed by atoms with van der Waals surface area (Å²) < 4.78 is 5.30. The monoisotopic (exact) mass is 268 g/mol. The molecule has 0 bridgehead atoms. The molecule has 0 saturated carbocycles. The highest BCUT2D eigenvalue weighted by Crippen LogP contribution is 2.43. The minimum absolute atomic E-state index is 0.0447. The number of rotatable bonds is 0. The van der Waals surface area contributed by atoms with E-state index < -0.39 is 6.10 Å². The number of carbonyl (C=O) groups is 3. The van der Waals surface area contributed by atoms with Gasteiger partial charge in [-0.1, -0.05) is 24.3 Å². The zero-order chi connectivity index (χ0) is 13.9. The number of ether oxygens (including phenoxy) is 1. The van der Waals surface area contributed by atoms with Crippen LogP contribution in [0.4, 0.5) is 0 Å². The lowest BCUT2D eigenvalue weighted by atomic mass is 9.72. The number of carbonyl (C=O) groups excluding carboxylic acids is 3. The van der Waals surface area contributed by atoms with Gasteiger partial charge in [-0.15, -0.1) is 0 Å². The van der Waals surface area contributed by atoms with Gasteiger partial charge in [-0.3, -0.25) is 14.4 Å². The molecule has 1 fully saturated rings. The number of benzene rings is 1. The lowest BCUT2D eigenvalue weighted by Crippen LogP contribution is -2.35. The van der Waals surface area contributed by atoms with E-state index >= 15 is 0 Å². The molecule has 1 heterocycles. The summed E-state index contributed by atoms with van der Waals surface area (Å²) in [5, 5.41) is 0. The molecule has 0 aromatic heterocycles. The van der Waals surface area contributed by atoms with Crippen molar-refractivity contribution >= 4 is 17.5 Å². The van der Waals surface area contributed by atoms with Crippen molar-refractivity contribution in [3.8, 4) is 0 Å². The molecule has 4 heteroatoms. The molecule has 100 valence electrons. The second kappa shape index (κ2) is 3.88. The molecule has 20 heavy (non-hydrogen) atoms. The van der Waals surface area contributed by atoms with Gasteiger partial charge in [0.1, 0.15) is 6.10 Å². The second-order valence-corrected chi connectivity index (χ2v) is 5.51. The summed E-state index contributed by atoms with van der Waals surface area (Å²) in [6, 6.07) is 6.86. The molecule has 3 aliphatic rings. The smallest absolute Gasteiger partial charge is 0.306 e. The van der Waals surface area contributed by atoms with Crippen molar-refractivity contribution in [1.82, 2.24) is 0 Å². The Balaban J connectivity index is 1.89. The van der Waals surface area contributed by atoms with Gasteiger partial charge in [-0.25, -0.2) is 0 Å². The molecule has 1 saturated heterocycles. The fourth-order valence-electron chi connectivity index (χ4n) is 3.48. The summed E-state index contributed by atoms with van der Waals surface area (Å²) in [5.74, 6) is -0.465. The fraction of sp³-hybridized carbons (Fsp3) is 0.312. The molecular formula is C16H12O4. The molecule has 2 atom stereocenters. The Hall–Kier alpha value is -2.23. The molecule has 1 aliphatic heterocycles. The first kappa shape index (κ1) is 11.6. The zero-order valence-electron chi connectivity index (χ0n) is 10.7. The van der Waals surface area contributed by atoms with Crippen LogP contribution in [-0.4, -0.2) is 23.6 Å². The predicted octanol–water partition coefficient (Wildman–Crippen LogP) is 2.09. The highest BCUT2D eigenvalue weighted by Gasteiger charge is 2.47. The Morgan fingerprint density at radius 2 is 1.70 bits per heavy atom. The van der Waals surface area contributed by atoms with E-state index in [0.29, 0.717) is 35.1 Å². The maximum atomic E-state index is 12.6. The number of hydrogen-bond acceptors (Lipinski definition) is 4. The van der Waals surface area contributed by atoms with Gasteiger partial charge >= 0.3 is 5.97 Å². The van der Waals surface area contributed by atoms with Crippen LogP contribution in [0, 0.1) is 5.92 Å². The number of esters is 1. The minimum Gasteiger partial charge on any atom is -0.457 e. The Morgan fingerprint density at radius 1 is 1.00 bits per heavy atom. The van der Waals surface area contributed by atoms with E-state index in [1.165, 1.54) is 0 Å². The third-order valence-electron chi connectivity index (χ3n) is 4.43. The van der Waals surface area contributed by atoms with Gasteiger partial charge in [0.15, 0.2) is 11.6 Å². The van der Waals surface area contributed by atoms with Crippen LogP contribution in [0.2, 0.25) is 0 Å². The molecule has 4 nitrogen and oxygen atoms in total. The lowest BCUT2D eigenvalue weighted by molar-refractivity contribution is -0.140. The molecule has 0 N–H and O–H groups in total. The first-order valence-electron chi connectivity index (χ1n) is 6.78. The average Bonchev–Trinajstić information content (AvgIpc) is 2.84. The molecule has 0 unspecified atom stereocenters. The van der Waals surface area contributed by atoms with Gasteiger partial charge in [-0.2, -0.15) is 0 Å². The molecular weight excluding hydrogens is 256 g/mol. The SMILES string of the molecule is O=C1C[C@H]2CCC3=C(C(=O)c4ccccc4C3=O)[C@H]2O1. The quantitative estimate of drug-likeness (QED) is 0.676. The van der Waals surface area contributed by atoms with Gasteiger partial charge in [-0.05, 0) is 12.8 Å². The van der Waals surface area contributed by atoms with Crippen molar-refractivity contribution in [3.05, 3.63) is 46.5 Å². The number of allylic oxidation sites excluding steroid dienone is 1. The minimum atomic E-state index is -0.518. The Bertz CT molecular complexity index is 698. The molecule has 4 rings (SSSR count). The standard InChI is InChI=1S/C16H12O4/c17-12-7-8-5-6-11-13(16(8)20-12)15(19)10-4-2-1-3-9(10)14(11)18/h1-4,8,16H,5-7H2/t8-,16+/m1/s1. The van der Waals surface area contributed by atoms with Crippen LogP contribution in [0.25, 0.3) is 0 Å². The van der Waals surface area contributed by atoms with E-state index in [9.17, 15) is 14.4 Å². The zero-order valence-corrected chi connectivity index (χ0v) is 10.7. The Morgan fingerprint density at radius 3 is 2.45 bits per heavy atom. The maximum Gasteiger partial charge on any atom is 0.306 e. The van der Waals surface area contributed by atoms with Crippen LogP contribution in [0.15, 0.2) is 35.4 Å². The van der Waals surface area contributed by atoms with Gasteiger partial charge in [0.05, 0.1) is 6.42 Å². The normalized spacial score (nSPS) is 27.9. The highest BCUT2D eigenvalue weighted by atomic mass is 16.6. The van der Waals surface area contributed by atoms with Crippen LogP contribution in [0.3, 0.4) is 0 Å². The number of fused-ring (bicyclic) bond motifs is 3. The molecule has 1 aromatic rings. The van der Waals surface area contributed by atoms with Crippen LogP contribution in [0.5, 0.6) is 0 Å². The summed E-state index contributed by atoms with van der Waals surface area (Å²) in [4.78, 5) is 36.6. The van der Waals surface area contributed by atoms with Crippen LogP contribution < -0.4 is 0 Å². The van der Waals surface area contributed by atoms with E-state index in [0.717, 1.165) is 6.42 Å². The van der Waals surface area contributed by atoms with E-state index in [-0.39, 0.29) is 23.5 Å². The highest BCUT2D eigenvalue weighted by molar-refractivity contribution is 6.27. The summed E-state index contributed by atoms with van der Waals surface area (Å²) in [7, 11) is 0. The second-order valence-electron chi connectivity index (χ2n) is 5.51. The summed E-state index contributed by atoms with van der Waals surface area (Å²) in [6.07, 6.45) is 1.13. The number of Topliss-reactive ketones (excluding diaryl/α,β-unsaturated/α-hetero) is 2. The molecule has 0 spiro atoms. The average molecular weight is 268 g/mol. The molecule has 0 amide bonds. The lowest BCUT2D eigenvalue weighted by Gasteiger charge is -2.31. The Labute approximate surface area is 115 Å². The van der Waals surface area contributed by atoms with Gasteiger partial charge in [0, 0.05) is 28.2 Å². The fourth-order valence-corrected chi connectivity index (χ4v) is 3.48. The third-order valence-corrected chi connectivity index (χ3v) is 4.43. The molecule has 1 aromatic carbocycles. The van der Waals surface area contributed by atoms with E-state index in [1.807, 2.05) is 0 Å². The van der Waals surface area contributed by atoms with Crippen molar-refractivity contribution in [2.24, 2.45) is 5.92 Å². The molecule has 2 aliphatic carbocycles. The van der Waals surface area contributed by atoms with Crippen molar-refractivity contribution in [1.29, 1.82) is 0 Å².